The van der Waals surface area contributed by atoms with Crippen molar-refractivity contribution in [1.29, 1.82) is 0 Å². The lowest BCUT2D eigenvalue weighted by Gasteiger charge is -2.06. The molecule has 0 aliphatic carbocycles. The van der Waals surface area contributed by atoms with Crippen molar-refractivity contribution in [2.45, 2.75) is 6.61 Å². The highest BCUT2D eigenvalue weighted by Crippen LogP contribution is 2.22. The van der Waals surface area contributed by atoms with Crippen LogP contribution in [0, 0.1) is 0 Å². The van der Waals surface area contributed by atoms with Crippen molar-refractivity contribution in [3.8, 4) is 5.88 Å². The SMILES string of the molecule is Clc1ncc(Cl)c(OCc2ccccc2)n1. The molecule has 0 spiro atoms. The summed E-state index contributed by atoms with van der Waals surface area (Å²) in [6.07, 6.45) is 1.41. The zero-order valence-corrected chi connectivity index (χ0v) is 9.74. The van der Waals surface area contributed by atoms with Crippen LogP contribution in [0.1, 0.15) is 5.56 Å². The molecule has 0 unspecified atom stereocenters. The van der Waals surface area contributed by atoms with Gasteiger partial charge in [-0.05, 0) is 17.2 Å². The molecule has 0 aliphatic rings. The highest BCUT2D eigenvalue weighted by atomic mass is 35.5. The van der Waals surface area contributed by atoms with Crippen molar-refractivity contribution in [2.75, 3.05) is 0 Å². The van der Waals surface area contributed by atoms with Crippen LogP contribution in [0.25, 0.3) is 0 Å². The molecule has 0 atom stereocenters. The third-order valence-corrected chi connectivity index (χ3v) is 2.34. The lowest BCUT2D eigenvalue weighted by atomic mass is 10.2. The molecule has 2 aromatic rings. The van der Waals surface area contributed by atoms with E-state index in [1.807, 2.05) is 30.3 Å². The Morgan fingerprint density at radius 2 is 1.88 bits per heavy atom. The summed E-state index contributed by atoms with van der Waals surface area (Å²) in [6.45, 7) is 0.397. The third-order valence-electron chi connectivity index (χ3n) is 1.90. The Hall–Kier alpha value is -1.32. The molecule has 2 rings (SSSR count). The van der Waals surface area contributed by atoms with E-state index in [0.29, 0.717) is 17.5 Å². The van der Waals surface area contributed by atoms with Gasteiger partial charge in [-0.1, -0.05) is 41.9 Å². The topological polar surface area (TPSA) is 35.0 Å². The number of aromatic nitrogens is 2. The van der Waals surface area contributed by atoms with Gasteiger partial charge in [0.1, 0.15) is 11.6 Å². The van der Waals surface area contributed by atoms with Gasteiger partial charge in [0.25, 0.3) is 0 Å². The summed E-state index contributed by atoms with van der Waals surface area (Å²) in [5.41, 5.74) is 1.04. The summed E-state index contributed by atoms with van der Waals surface area (Å²) in [4.78, 5) is 7.62. The molecular weight excluding hydrogens is 247 g/mol. The summed E-state index contributed by atoms with van der Waals surface area (Å²) in [6, 6.07) is 9.73. The van der Waals surface area contributed by atoms with Gasteiger partial charge in [-0.3, -0.25) is 0 Å². The summed E-state index contributed by atoms with van der Waals surface area (Å²) < 4.78 is 5.44. The van der Waals surface area contributed by atoms with Crippen molar-refractivity contribution in [3.63, 3.8) is 0 Å². The number of nitrogens with zero attached hydrogens (tertiary/aromatic N) is 2. The van der Waals surface area contributed by atoms with Crippen molar-refractivity contribution in [2.24, 2.45) is 0 Å². The minimum atomic E-state index is 0.118. The fourth-order valence-electron chi connectivity index (χ4n) is 1.16. The summed E-state index contributed by atoms with van der Waals surface area (Å²) in [7, 11) is 0. The Balaban J connectivity index is 2.08. The molecule has 82 valence electrons. The predicted molar refractivity (Wildman–Crippen MR) is 62.8 cm³/mol. The highest BCUT2D eigenvalue weighted by molar-refractivity contribution is 6.32. The first-order valence-electron chi connectivity index (χ1n) is 4.60. The maximum absolute atomic E-state index is 5.85. The third kappa shape index (κ3) is 2.84. The van der Waals surface area contributed by atoms with Crippen LogP contribution in [0.3, 0.4) is 0 Å². The maximum atomic E-state index is 5.85. The van der Waals surface area contributed by atoms with Gasteiger partial charge in [-0.2, -0.15) is 4.98 Å². The van der Waals surface area contributed by atoms with Crippen LogP contribution >= 0.6 is 23.2 Å². The Bertz CT molecular complexity index is 477. The molecule has 0 saturated heterocycles. The molecule has 0 fully saturated rings. The Morgan fingerprint density at radius 3 is 2.62 bits per heavy atom. The number of rotatable bonds is 3. The van der Waals surface area contributed by atoms with Gasteiger partial charge in [-0.25, -0.2) is 4.98 Å². The average Bonchev–Trinajstić information content (AvgIpc) is 2.32. The first-order valence-corrected chi connectivity index (χ1v) is 5.36. The molecule has 0 saturated carbocycles. The quantitative estimate of drug-likeness (QED) is 0.789. The number of halogens is 2. The van der Waals surface area contributed by atoms with Gasteiger partial charge in [0.15, 0.2) is 0 Å². The summed E-state index contributed by atoms with van der Waals surface area (Å²) >= 11 is 11.5. The predicted octanol–water partition coefficient (Wildman–Crippen LogP) is 3.36. The monoisotopic (exact) mass is 254 g/mol. The zero-order valence-electron chi connectivity index (χ0n) is 8.23. The van der Waals surface area contributed by atoms with E-state index in [0.717, 1.165) is 5.56 Å². The number of hydrogen-bond acceptors (Lipinski definition) is 3. The van der Waals surface area contributed by atoms with Crippen molar-refractivity contribution in [3.05, 3.63) is 52.4 Å². The average molecular weight is 255 g/mol. The van der Waals surface area contributed by atoms with Crippen LogP contribution in [-0.2, 0) is 6.61 Å². The second kappa shape index (κ2) is 5.14. The second-order valence-corrected chi connectivity index (χ2v) is 3.81. The Labute approximate surface area is 103 Å². The van der Waals surface area contributed by atoms with Gasteiger partial charge < -0.3 is 4.74 Å². The van der Waals surface area contributed by atoms with E-state index in [4.69, 9.17) is 27.9 Å². The van der Waals surface area contributed by atoms with Gasteiger partial charge >= 0.3 is 0 Å². The second-order valence-electron chi connectivity index (χ2n) is 3.07. The molecule has 0 radical (unpaired) electrons. The van der Waals surface area contributed by atoms with E-state index in [1.165, 1.54) is 6.20 Å². The molecular formula is C11H8Cl2N2O. The van der Waals surface area contributed by atoms with Crippen LogP contribution in [0.5, 0.6) is 5.88 Å². The van der Waals surface area contributed by atoms with Crippen molar-refractivity contribution < 1.29 is 4.74 Å². The van der Waals surface area contributed by atoms with Crippen LogP contribution in [0.4, 0.5) is 0 Å². The molecule has 3 nitrogen and oxygen atoms in total. The van der Waals surface area contributed by atoms with E-state index < -0.39 is 0 Å². The molecule has 1 aromatic carbocycles. The zero-order chi connectivity index (χ0) is 11.4. The van der Waals surface area contributed by atoms with Gasteiger partial charge in [0.05, 0.1) is 6.20 Å². The first kappa shape index (κ1) is 11.2. The lowest BCUT2D eigenvalue weighted by molar-refractivity contribution is 0.293. The molecule has 1 heterocycles. The molecule has 16 heavy (non-hydrogen) atoms. The normalized spacial score (nSPS) is 10.1. The molecule has 5 heteroatoms. The Kier molecular flexibility index (Phi) is 3.59. The molecule has 0 aliphatic heterocycles. The van der Waals surface area contributed by atoms with Crippen molar-refractivity contribution in [1.82, 2.24) is 9.97 Å². The largest absolute Gasteiger partial charge is 0.472 e. The van der Waals surface area contributed by atoms with Crippen LogP contribution < -0.4 is 4.74 Å². The smallest absolute Gasteiger partial charge is 0.237 e. The lowest BCUT2D eigenvalue weighted by Crippen LogP contribution is -1.98. The van der Waals surface area contributed by atoms with Gasteiger partial charge in [0.2, 0.25) is 11.2 Å². The van der Waals surface area contributed by atoms with E-state index in [9.17, 15) is 0 Å². The highest BCUT2D eigenvalue weighted by Gasteiger charge is 2.05. The van der Waals surface area contributed by atoms with E-state index in [2.05, 4.69) is 9.97 Å². The molecule has 0 N–H and O–H groups in total. The van der Waals surface area contributed by atoms with Crippen LogP contribution in [0.15, 0.2) is 36.5 Å². The minimum absolute atomic E-state index is 0.118. The Morgan fingerprint density at radius 1 is 1.12 bits per heavy atom. The summed E-state index contributed by atoms with van der Waals surface area (Å²) in [5.74, 6) is 0.297. The number of benzene rings is 1. The van der Waals surface area contributed by atoms with Crippen LogP contribution in [0.2, 0.25) is 10.3 Å². The van der Waals surface area contributed by atoms with Gasteiger partial charge in [0, 0.05) is 0 Å². The standard InChI is InChI=1S/C11H8Cl2N2O/c12-9-6-14-11(13)15-10(9)16-7-8-4-2-1-3-5-8/h1-6H,7H2. The van der Waals surface area contributed by atoms with Crippen molar-refractivity contribution >= 4 is 23.2 Å². The number of ether oxygens (including phenoxy) is 1. The first-order chi connectivity index (χ1) is 7.75. The molecule has 0 bridgehead atoms. The molecule has 0 amide bonds. The van der Waals surface area contributed by atoms with E-state index >= 15 is 0 Å². The van der Waals surface area contributed by atoms with Crippen LogP contribution in [-0.4, -0.2) is 9.97 Å². The van der Waals surface area contributed by atoms with E-state index in [1.54, 1.807) is 0 Å². The summed E-state index contributed by atoms with van der Waals surface area (Å²) in [5, 5.41) is 0.466. The minimum Gasteiger partial charge on any atom is -0.472 e. The van der Waals surface area contributed by atoms with E-state index in [-0.39, 0.29) is 5.28 Å². The number of hydrogen-bond donors (Lipinski definition) is 0. The molecule has 1 aromatic heterocycles. The van der Waals surface area contributed by atoms with Gasteiger partial charge in [-0.15, -0.1) is 0 Å². The maximum Gasteiger partial charge on any atom is 0.237 e. The fourth-order valence-corrected chi connectivity index (χ4v) is 1.43. The fraction of sp³-hybridized carbons (Fsp3) is 0.0909.